The smallest absolute Gasteiger partial charge is 0.128 e. The van der Waals surface area contributed by atoms with Gasteiger partial charge in [0, 0.05) is 62.6 Å². The lowest BCUT2D eigenvalue weighted by Crippen LogP contribution is -2.43. The van der Waals surface area contributed by atoms with Crippen LogP contribution < -0.4 is 15.1 Å². The molecule has 0 atom stereocenters. The first-order valence-electron chi connectivity index (χ1n) is 10.4. The van der Waals surface area contributed by atoms with Crippen LogP contribution in [0.2, 0.25) is 0 Å². The third-order valence-electron chi connectivity index (χ3n) is 5.71. The molecule has 3 heterocycles. The molecule has 1 aliphatic rings. The second-order valence-corrected chi connectivity index (χ2v) is 7.79. The van der Waals surface area contributed by atoms with Crippen LogP contribution in [-0.4, -0.2) is 48.4 Å². The summed E-state index contributed by atoms with van der Waals surface area (Å²) in [5.41, 5.74) is 5.47. The highest BCUT2D eigenvalue weighted by molar-refractivity contribution is 5.95. The van der Waals surface area contributed by atoms with Gasteiger partial charge < -0.3 is 15.1 Å². The first kappa shape index (κ1) is 18.6. The predicted octanol–water partition coefficient (Wildman–Crippen LogP) is 3.67. The minimum absolute atomic E-state index is 0.862. The van der Waals surface area contributed by atoms with Gasteiger partial charge in [0.1, 0.15) is 11.5 Å². The van der Waals surface area contributed by atoms with Gasteiger partial charge in [-0.3, -0.25) is 5.10 Å². The van der Waals surface area contributed by atoms with E-state index in [0.29, 0.717) is 0 Å². The normalized spacial score (nSPS) is 14.2. The van der Waals surface area contributed by atoms with Gasteiger partial charge in [-0.25, -0.2) is 4.98 Å². The molecule has 1 saturated heterocycles. The van der Waals surface area contributed by atoms with Crippen molar-refractivity contribution in [3.05, 3.63) is 72.4 Å². The number of hydrogen-bond acceptors (Lipinski definition) is 5. The molecule has 2 N–H and O–H groups in total. The fourth-order valence-corrected chi connectivity index (χ4v) is 4.02. The zero-order valence-corrected chi connectivity index (χ0v) is 17.2. The van der Waals surface area contributed by atoms with Crippen molar-refractivity contribution >= 4 is 22.4 Å². The van der Waals surface area contributed by atoms with Gasteiger partial charge in [0.05, 0.1) is 5.52 Å². The van der Waals surface area contributed by atoms with Crippen LogP contribution in [0.5, 0.6) is 0 Å². The molecule has 2 aromatic carbocycles. The summed E-state index contributed by atoms with van der Waals surface area (Å²) >= 11 is 0. The van der Waals surface area contributed by atoms with Crippen LogP contribution >= 0.6 is 0 Å². The minimum Gasteiger partial charge on any atom is -0.370 e. The number of anilines is 2. The van der Waals surface area contributed by atoms with Crippen molar-refractivity contribution in [2.75, 3.05) is 43.0 Å². The third-order valence-corrected chi connectivity index (χ3v) is 5.71. The number of aromatic nitrogens is 3. The van der Waals surface area contributed by atoms with E-state index < -0.39 is 0 Å². The number of nitrogens with one attached hydrogen (secondary N) is 2. The van der Waals surface area contributed by atoms with Gasteiger partial charge >= 0.3 is 0 Å². The highest BCUT2D eigenvalue weighted by atomic mass is 15.2. The number of piperazine rings is 1. The molecule has 0 bridgehead atoms. The van der Waals surface area contributed by atoms with Gasteiger partial charge in [-0.2, -0.15) is 5.10 Å². The second-order valence-electron chi connectivity index (χ2n) is 7.79. The van der Waals surface area contributed by atoms with Gasteiger partial charge in [-0.1, -0.05) is 30.3 Å². The van der Waals surface area contributed by atoms with E-state index in [2.05, 4.69) is 93.0 Å². The quantitative estimate of drug-likeness (QED) is 0.537. The third kappa shape index (κ3) is 3.74. The first-order chi connectivity index (χ1) is 14.8. The van der Waals surface area contributed by atoms with Crippen molar-refractivity contribution in [2.24, 2.45) is 0 Å². The number of aromatic amines is 1. The Bertz CT molecular complexity index is 1110. The molecule has 5 rings (SSSR count). The van der Waals surface area contributed by atoms with Crippen LogP contribution in [0.15, 0.2) is 66.9 Å². The van der Waals surface area contributed by atoms with Gasteiger partial charge in [-0.15, -0.1) is 0 Å². The number of nitrogens with zero attached hydrogens (tertiary/aromatic N) is 4. The summed E-state index contributed by atoms with van der Waals surface area (Å²) in [6.45, 7) is 4.86. The Morgan fingerprint density at radius 2 is 1.83 bits per heavy atom. The van der Waals surface area contributed by atoms with E-state index in [9.17, 15) is 0 Å². The average Bonchev–Trinajstić information content (AvgIpc) is 3.24. The molecule has 152 valence electrons. The van der Waals surface area contributed by atoms with Crippen LogP contribution in [-0.2, 0) is 6.54 Å². The molecular formula is C24H26N6. The summed E-state index contributed by atoms with van der Waals surface area (Å²) in [6.07, 6.45) is 1.94. The molecule has 6 nitrogen and oxygen atoms in total. The molecule has 30 heavy (non-hydrogen) atoms. The summed E-state index contributed by atoms with van der Waals surface area (Å²) in [5, 5.41) is 12.2. The van der Waals surface area contributed by atoms with E-state index >= 15 is 0 Å². The molecule has 0 amide bonds. The van der Waals surface area contributed by atoms with E-state index in [0.717, 1.165) is 60.7 Å². The molecule has 6 heteroatoms. The van der Waals surface area contributed by atoms with Crippen molar-refractivity contribution in [3.8, 4) is 11.3 Å². The van der Waals surface area contributed by atoms with Crippen LogP contribution in [0.4, 0.5) is 11.5 Å². The molecule has 1 fully saturated rings. The van der Waals surface area contributed by atoms with Crippen molar-refractivity contribution < 1.29 is 0 Å². The molecule has 1 aliphatic heterocycles. The van der Waals surface area contributed by atoms with Gasteiger partial charge in [0.15, 0.2) is 0 Å². The van der Waals surface area contributed by atoms with Crippen molar-refractivity contribution in [3.63, 3.8) is 0 Å². The number of hydrogen-bond donors (Lipinski definition) is 2. The Morgan fingerprint density at radius 3 is 2.60 bits per heavy atom. The van der Waals surface area contributed by atoms with E-state index in [1.807, 2.05) is 6.20 Å². The lowest BCUT2D eigenvalue weighted by Gasteiger charge is -2.28. The van der Waals surface area contributed by atoms with Crippen LogP contribution in [0.3, 0.4) is 0 Å². The lowest BCUT2D eigenvalue weighted by atomic mass is 10.1. The van der Waals surface area contributed by atoms with E-state index in [-0.39, 0.29) is 0 Å². The fraction of sp³-hybridized carbons (Fsp3) is 0.250. The van der Waals surface area contributed by atoms with E-state index in [4.69, 9.17) is 4.98 Å². The Balaban J connectivity index is 1.41. The zero-order valence-electron chi connectivity index (χ0n) is 17.2. The van der Waals surface area contributed by atoms with Crippen LogP contribution in [0, 0.1) is 0 Å². The van der Waals surface area contributed by atoms with E-state index in [1.165, 1.54) is 11.3 Å². The summed E-state index contributed by atoms with van der Waals surface area (Å²) in [4.78, 5) is 9.29. The summed E-state index contributed by atoms with van der Waals surface area (Å²) in [6, 6.07) is 21.2. The second kappa shape index (κ2) is 8.16. The lowest BCUT2D eigenvalue weighted by molar-refractivity contribution is 0.585. The molecule has 0 unspecified atom stereocenters. The number of fused-ring (bicyclic) bond motifs is 1. The van der Waals surface area contributed by atoms with Crippen molar-refractivity contribution in [2.45, 2.75) is 6.54 Å². The summed E-state index contributed by atoms with van der Waals surface area (Å²) in [7, 11) is 2.12. The monoisotopic (exact) mass is 398 g/mol. The highest BCUT2D eigenvalue weighted by Crippen LogP contribution is 2.30. The number of H-pyrrole nitrogens is 1. The highest BCUT2D eigenvalue weighted by Gasteiger charge is 2.14. The minimum atomic E-state index is 0.862. The Morgan fingerprint density at radius 1 is 1.00 bits per heavy atom. The summed E-state index contributed by atoms with van der Waals surface area (Å²) < 4.78 is 0. The number of pyridine rings is 1. The molecule has 0 saturated carbocycles. The van der Waals surface area contributed by atoms with Gasteiger partial charge in [0.2, 0.25) is 0 Å². The van der Waals surface area contributed by atoms with E-state index in [1.54, 1.807) is 0 Å². The molecule has 0 aliphatic carbocycles. The van der Waals surface area contributed by atoms with Crippen LogP contribution in [0.25, 0.3) is 22.2 Å². The molecule has 2 aromatic heterocycles. The molecule has 0 radical (unpaired) electrons. The average molecular weight is 399 g/mol. The van der Waals surface area contributed by atoms with Crippen LogP contribution in [0.1, 0.15) is 5.56 Å². The Hall–Kier alpha value is -3.38. The zero-order chi connectivity index (χ0) is 20.3. The maximum Gasteiger partial charge on any atom is 0.128 e. The number of benzene rings is 2. The Labute approximate surface area is 176 Å². The fourth-order valence-electron chi connectivity index (χ4n) is 4.02. The molecular weight excluding hydrogens is 372 g/mol. The number of rotatable bonds is 5. The van der Waals surface area contributed by atoms with Gasteiger partial charge in [0.25, 0.3) is 0 Å². The van der Waals surface area contributed by atoms with Gasteiger partial charge in [-0.05, 0) is 35.9 Å². The maximum atomic E-state index is 4.71. The topological polar surface area (TPSA) is 60.1 Å². The SMILES string of the molecule is CN(Cc1ccccc1)c1ccc2[nH]nc(-c3ccc(N4CCNCC4)nc3)c2c1. The largest absolute Gasteiger partial charge is 0.370 e. The molecule has 0 spiro atoms. The first-order valence-corrected chi connectivity index (χ1v) is 10.4. The maximum absolute atomic E-state index is 4.71. The molecule has 4 aromatic rings. The van der Waals surface area contributed by atoms with Crippen molar-refractivity contribution in [1.29, 1.82) is 0 Å². The predicted molar refractivity (Wildman–Crippen MR) is 123 cm³/mol. The Kier molecular flexibility index (Phi) is 5.07. The summed E-state index contributed by atoms with van der Waals surface area (Å²) in [5.74, 6) is 1.03. The van der Waals surface area contributed by atoms with Crippen molar-refractivity contribution in [1.82, 2.24) is 20.5 Å². The standard InChI is InChI=1S/C24H26N6/c1-29(17-18-5-3-2-4-6-18)20-8-9-22-21(15-20)24(28-27-22)19-7-10-23(26-16-19)30-13-11-25-12-14-30/h2-10,15-16,25H,11-14,17H2,1H3,(H,27,28).